The fourth-order valence-corrected chi connectivity index (χ4v) is 1.70. The zero-order valence-electron chi connectivity index (χ0n) is 10.8. The SMILES string of the molecule is CCCCCCC#Cc1ccccc1C(C)=O. The van der Waals surface area contributed by atoms with E-state index in [2.05, 4.69) is 18.8 Å². The Kier molecular flexibility index (Phi) is 6.10. The quantitative estimate of drug-likeness (QED) is 0.419. The summed E-state index contributed by atoms with van der Waals surface area (Å²) in [5, 5.41) is 0. The average molecular weight is 228 g/mol. The van der Waals surface area contributed by atoms with Gasteiger partial charge < -0.3 is 0 Å². The predicted octanol–water partition coefficient (Wildman–Crippen LogP) is 4.21. The minimum atomic E-state index is 0.0842. The van der Waals surface area contributed by atoms with Crippen LogP contribution < -0.4 is 0 Å². The van der Waals surface area contributed by atoms with E-state index in [0.717, 1.165) is 24.0 Å². The fourth-order valence-electron chi connectivity index (χ4n) is 1.70. The van der Waals surface area contributed by atoms with Gasteiger partial charge in [-0.25, -0.2) is 0 Å². The second kappa shape index (κ2) is 7.68. The number of hydrogen-bond acceptors (Lipinski definition) is 1. The second-order valence-corrected chi connectivity index (χ2v) is 4.21. The van der Waals surface area contributed by atoms with Crippen LogP contribution in [0.25, 0.3) is 0 Å². The summed E-state index contributed by atoms with van der Waals surface area (Å²) in [4.78, 5) is 11.4. The van der Waals surface area contributed by atoms with Crippen LogP contribution in [-0.2, 0) is 0 Å². The van der Waals surface area contributed by atoms with E-state index < -0.39 is 0 Å². The molecular formula is C16H20O. The van der Waals surface area contributed by atoms with Gasteiger partial charge in [-0.2, -0.15) is 0 Å². The lowest BCUT2D eigenvalue weighted by Gasteiger charge is -1.98. The van der Waals surface area contributed by atoms with E-state index in [1.807, 2.05) is 24.3 Å². The summed E-state index contributed by atoms with van der Waals surface area (Å²) in [6.07, 6.45) is 5.86. The third kappa shape index (κ3) is 4.87. The molecule has 0 aliphatic heterocycles. The Morgan fingerprint density at radius 3 is 2.65 bits per heavy atom. The molecule has 0 aliphatic carbocycles. The van der Waals surface area contributed by atoms with Crippen LogP contribution in [0.1, 0.15) is 61.9 Å². The highest BCUT2D eigenvalue weighted by Gasteiger charge is 2.02. The topological polar surface area (TPSA) is 17.1 Å². The molecule has 0 radical (unpaired) electrons. The highest BCUT2D eigenvalue weighted by Crippen LogP contribution is 2.08. The van der Waals surface area contributed by atoms with Gasteiger partial charge in [0.2, 0.25) is 0 Å². The van der Waals surface area contributed by atoms with Gasteiger partial charge in [0.15, 0.2) is 5.78 Å². The molecule has 0 saturated heterocycles. The Hall–Kier alpha value is -1.55. The van der Waals surface area contributed by atoms with Gasteiger partial charge in [-0.05, 0) is 19.4 Å². The molecule has 1 aromatic rings. The molecule has 0 saturated carbocycles. The normalized spacial score (nSPS) is 9.53. The fraction of sp³-hybridized carbons (Fsp3) is 0.438. The van der Waals surface area contributed by atoms with Gasteiger partial charge in [-0.15, -0.1) is 0 Å². The molecule has 0 bridgehead atoms. The molecule has 0 heterocycles. The summed E-state index contributed by atoms with van der Waals surface area (Å²) in [6.45, 7) is 3.79. The molecule has 1 rings (SSSR count). The Labute approximate surface area is 104 Å². The third-order valence-electron chi connectivity index (χ3n) is 2.68. The van der Waals surface area contributed by atoms with Crippen LogP contribution in [0.2, 0.25) is 0 Å². The molecule has 0 unspecified atom stereocenters. The van der Waals surface area contributed by atoms with Crippen LogP contribution in [0.4, 0.5) is 0 Å². The number of Topliss-reactive ketones (excluding diaryl/α,β-unsaturated/α-hetero) is 1. The first-order chi connectivity index (χ1) is 8.25. The van der Waals surface area contributed by atoms with Crippen LogP contribution >= 0.6 is 0 Å². The number of ketones is 1. The van der Waals surface area contributed by atoms with Crippen LogP contribution in [0.15, 0.2) is 24.3 Å². The van der Waals surface area contributed by atoms with Crippen molar-refractivity contribution in [2.45, 2.75) is 46.0 Å². The van der Waals surface area contributed by atoms with E-state index in [4.69, 9.17) is 0 Å². The van der Waals surface area contributed by atoms with Crippen molar-refractivity contribution in [2.24, 2.45) is 0 Å². The maximum Gasteiger partial charge on any atom is 0.161 e. The molecule has 17 heavy (non-hydrogen) atoms. The zero-order valence-corrected chi connectivity index (χ0v) is 10.8. The predicted molar refractivity (Wildman–Crippen MR) is 72.1 cm³/mol. The summed E-state index contributed by atoms with van der Waals surface area (Å²) in [7, 11) is 0. The minimum absolute atomic E-state index is 0.0842. The van der Waals surface area contributed by atoms with Crippen LogP contribution in [0.5, 0.6) is 0 Å². The summed E-state index contributed by atoms with van der Waals surface area (Å²) in [6, 6.07) is 7.55. The molecule has 1 aromatic carbocycles. The maximum atomic E-state index is 11.4. The number of carbonyl (C=O) groups is 1. The number of rotatable bonds is 5. The molecule has 0 aliphatic rings. The molecule has 1 nitrogen and oxygen atoms in total. The van der Waals surface area contributed by atoms with Crippen molar-refractivity contribution in [3.8, 4) is 11.8 Å². The molecule has 0 atom stereocenters. The van der Waals surface area contributed by atoms with Crippen molar-refractivity contribution in [2.75, 3.05) is 0 Å². The van der Waals surface area contributed by atoms with E-state index >= 15 is 0 Å². The Bertz CT molecular complexity index is 421. The van der Waals surface area contributed by atoms with E-state index in [1.165, 1.54) is 19.3 Å². The van der Waals surface area contributed by atoms with E-state index in [0.29, 0.717) is 0 Å². The first-order valence-corrected chi connectivity index (χ1v) is 6.34. The van der Waals surface area contributed by atoms with Crippen LogP contribution in [0, 0.1) is 11.8 Å². The number of hydrogen-bond donors (Lipinski definition) is 0. The largest absolute Gasteiger partial charge is 0.294 e. The lowest BCUT2D eigenvalue weighted by Crippen LogP contribution is -1.95. The molecule has 0 fully saturated rings. The Balaban J connectivity index is 2.56. The number of carbonyl (C=O) groups excluding carboxylic acids is 1. The Morgan fingerprint density at radius 1 is 1.18 bits per heavy atom. The van der Waals surface area contributed by atoms with Gasteiger partial charge in [0, 0.05) is 17.5 Å². The second-order valence-electron chi connectivity index (χ2n) is 4.21. The highest BCUT2D eigenvalue weighted by molar-refractivity contribution is 5.96. The molecule has 0 aromatic heterocycles. The molecule has 0 amide bonds. The summed E-state index contributed by atoms with van der Waals surface area (Å²) < 4.78 is 0. The van der Waals surface area contributed by atoms with Gasteiger partial charge in [-0.3, -0.25) is 4.79 Å². The van der Waals surface area contributed by atoms with Crippen molar-refractivity contribution in [3.63, 3.8) is 0 Å². The van der Waals surface area contributed by atoms with Gasteiger partial charge in [-0.1, -0.05) is 56.2 Å². The monoisotopic (exact) mass is 228 g/mol. The Morgan fingerprint density at radius 2 is 1.94 bits per heavy atom. The molecule has 1 heteroatoms. The maximum absolute atomic E-state index is 11.4. The van der Waals surface area contributed by atoms with Crippen molar-refractivity contribution < 1.29 is 4.79 Å². The standard InChI is InChI=1S/C16H20O/c1-3-4-5-6-7-8-11-15-12-9-10-13-16(15)14(2)17/h9-10,12-13H,3-7H2,1-2H3. The van der Waals surface area contributed by atoms with Gasteiger partial charge in [0.05, 0.1) is 0 Å². The van der Waals surface area contributed by atoms with Gasteiger partial charge in [0.1, 0.15) is 0 Å². The van der Waals surface area contributed by atoms with Crippen molar-refractivity contribution in [3.05, 3.63) is 35.4 Å². The molecular weight excluding hydrogens is 208 g/mol. The molecule has 0 spiro atoms. The van der Waals surface area contributed by atoms with Crippen molar-refractivity contribution >= 4 is 5.78 Å². The minimum Gasteiger partial charge on any atom is -0.294 e. The van der Waals surface area contributed by atoms with Crippen LogP contribution in [0.3, 0.4) is 0 Å². The smallest absolute Gasteiger partial charge is 0.161 e. The third-order valence-corrected chi connectivity index (χ3v) is 2.68. The number of benzene rings is 1. The average Bonchev–Trinajstić information content (AvgIpc) is 2.34. The molecule has 0 N–H and O–H groups in total. The molecule has 90 valence electrons. The summed E-state index contributed by atoms with van der Waals surface area (Å²) in [5.41, 5.74) is 1.59. The van der Waals surface area contributed by atoms with E-state index in [1.54, 1.807) is 6.92 Å². The lowest BCUT2D eigenvalue weighted by molar-refractivity contribution is 0.101. The van der Waals surface area contributed by atoms with Gasteiger partial charge >= 0.3 is 0 Å². The highest BCUT2D eigenvalue weighted by atomic mass is 16.1. The van der Waals surface area contributed by atoms with Gasteiger partial charge in [0.25, 0.3) is 0 Å². The summed E-state index contributed by atoms with van der Waals surface area (Å²) in [5.74, 6) is 6.34. The lowest BCUT2D eigenvalue weighted by atomic mass is 10.0. The summed E-state index contributed by atoms with van der Waals surface area (Å²) >= 11 is 0. The first-order valence-electron chi connectivity index (χ1n) is 6.34. The van der Waals surface area contributed by atoms with Crippen LogP contribution in [-0.4, -0.2) is 5.78 Å². The van der Waals surface area contributed by atoms with E-state index in [9.17, 15) is 4.79 Å². The van der Waals surface area contributed by atoms with Crippen molar-refractivity contribution in [1.82, 2.24) is 0 Å². The van der Waals surface area contributed by atoms with E-state index in [-0.39, 0.29) is 5.78 Å². The zero-order chi connectivity index (χ0) is 12.5. The van der Waals surface area contributed by atoms with Crippen molar-refractivity contribution in [1.29, 1.82) is 0 Å². The first kappa shape index (κ1) is 13.5. The number of unbranched alkanes of at least 4 members (excludes halogenated alkanes) is 4.